The van der Waals surface area contributed by atoms with Crippen LogP contribution in [0.5, 0.6) is 0 Å². The summed E-state index contributed by atoms with van der Waals surface area (Å²) in [5, 5.41) is 0.754. The molecule has 6 rings (SSSR count). The average molecular weight is 554 g/mol. The van der Waals surface area contributed by atoms with Gasteiger partial charge in [0.1, 0.15) is 5.65 Å². The number of hydrogen-bond acceptors (Lipinski definition) is 4. The fourth-order valence-corrected chi connectivity index (χ4v) is 5.11. The Bertz CT molecular complexity index is 1630. The highest BCUT2D eigenvalue weighted by atomic mass is 35.5. The zero-order valence-electron chi connectivity index (χ0n) is 20.6. The lowest BCUT2D eigenvalue weighted by atomic mass is 9.98. The van der Waals surface area contributed by atoms with Crippen molar-refractivity contribution in [2.45, 2.75) is 6.54 Å². The molecule has 2 aromatic heterocycles. The van der Waals surface area contributed by atoms with Gasteiger partial charge >= 0.3 is 10.4 Å². The quantitative estimate of drug-likeness (QED) is 0.277. The fourth-order valence-electron chi connectivity index (χ4n) is 4.98. The minimum absolute atomic E-state index is 0.754. The molecule has 8 nitrogen and oxygen atoms in total. The summed E-state index contributed by atoms with van der Waals surface area (Å²) < 4.78 is 42.0. The van der Waals surface area contributed by atoms with Crippen molar-refractivity contribution in [2.24, 2.45) is 0 Å². The number of imidazole rings is 1. The second-order valence-electron chi connectivity index (χ2n) is 9.03. The molecular weight excluding hydrogens is 526 g/mol. The minimum Gasteiger partial charge on any atom is -0.379 e. The Morgan fingerprint density at radius 1 is 0.789 bits per heavy atom. The molecule has 1 aliphatic rings. The van der Waals surface area contributed by atoms with E-state index in [1.807, 2.05) is 12.1 Å². The summed E-state index contributed by atoms with van der Waals surface area (Å²) in [6.07, 6.45) is 2.29. The van der Waals surface area contributed by atoms with Gasteiger partial charge in [-0.3, -0.25) is 18.4 Å². The van der Waals surface area contributed by atoms with E-state index in [0.717, 1.165) is 44.4 Å². The summed E-state index contributed by atoms with van der Waals surface area (Å²) in [6.45, 7) is 5.58. The summed E-state index contributed by atoms with van der Waals surface area (Å²) in [6, 6.07) is 27.6. The fraction of sp³-hybridized carbons (Fsp3) is 0.214. The third-order valence-corrected chi connectivity index (χ3v) is 6.88. The average Bonchev–Trinajstić information content (AvgIpc) is 3.43. The van der Waals surface area contributed by atoms with Crippen molar-refractivity contribution in [3.63, 3.8) is 0 Å². The first-order chi connectivity index (χ1) is 18.3. The van der Waals surface area contributed by atoms with E-state index in [1.54, 1.807) is 0 Å². The van der Waals surface area contributed by atoms with Crippen LogP contribution in [-0.4, -0.2) is 64.2 Å². The van der Waals surface area contributed by atoms with E-state index in [1.165, 1.54) is 38.9 Å². The van der Waals surface area contributed by atoms with E-state index in [2.05, 4.69) is 86.8 Å². The van der Waals surface area contributed by atoms with E-state index in [0.29, 0.717) is 0 Å². The molecule has 0 bridgehead atoms. The monoisotopic (exact) mass is 553 g/mol. The Kier molecular flexibility index (Phi) is 7.85. The molecule has 0 radical (unpaired) electrons. The largest absolute Gasteiger partial charge is 0.394 e. The Morgan fingerprint density at radius 2 is 1.39 bits per heavy atom. The Morgan fingerprint density at radius 3 is 2.05 bits per heavy atom. The molecule has 2 N–H and O–H groups in total. The van der Waals surface area contributed by atoms with Gasteiger partial charge in [-0.05, 0) is 35.4 Å². The van der Waals surface area contributed by atoms with Crippen LogP contribution in [0.3, 0.4) is 0 Å². The predicted molar refractivity (Wildman–Crippen MR) is 150 cm³/mol. The first-order valence-electron chi connectivity index (χ1n) is 12.2. The van der Waals surface area contributed by atoms with Gasteiger partial charge in [0.25, 0.3) is 0 Å². The lowest BCUT2D eigenvalue weighted by Crippen LogP contribution is -2.38. The zero-order chi connectivity index (χ0) is 26.7. The van der Waals surface area contributed by atoms with E-state index >= 15 is 0 Å². The van der Waals surface area contributed by atoms with Gasteiger partial charge in [-0.2, -0.15) is 8.42 Å². The maximum atomic E-state index is 8.74. The molecule has 0 spiro atoms. The molecule has 0 saturated carbocycles. The molecule has 0 aliphatic carbocycles. The molecule has 5 aromatic rings. The highest BCUT2D eigenvalue weighted by Crippen LogP contribution is 2.40. The molecule has 3 heterocycles. The third kappa shape index (κ3) is 5.94. The Hall–Kier alpha value is -3.18. The van der Waals surface area contributed by atoms with Gasteiger partial charge in [0.15, 0.2) is 0 Å². The van der Waals surface area contributed by atoms with Crippen LogP contribution in [0.1, 0.15) is 0 Å². The Labute approximate surface area is 226 Å². The number of para-hydroxylation sites is 2. The van der Waals surface area contributed by atoms with Gasteiger partial charge in [-0.1, -0.05) is 66.2 Å². The number of aromatic nitrogens is 2. The van der Waals surface area contributed by atoms with Gasteiger partial charge in [0.05, 0.1) is 24.2 Å². The first kappa shape index (κ1) is 26.4. The number of fused-ring (bicyclic) bond motifs is 3. The first-order valence-corrected chi connectivity index (χ1v) is 14.0. The number of nitrogens with zero attached hydrogens (tertiary/aromatic N) is 3. The number of benzene rings is 3. The summed E-state index contributed by atoms with van der Waals surface area (Å²) in [5.41, 5.74) is 8.61. The highest BCUT2D eigenvalue weighted by Gasteiger charge is 2.22. The Balaban J connectivity index is 0.000000540. The zero-order valence-corrected chi connectivity index (χ0v) is 22.1. The summed E-state index contributed by atoms with van der Waals surface area (Å²) >= 11 is 6.21. The van der Waals surface area contributed by atoms with Crippen molar-refractivity contribution in [1.29, 1.82) is 0 Å². The van der Waals surface area contributed by atoms with Crippen molar-refractivity contribution in [3.8, 4) is 22.3 Å². The SMILES string of the molecule is Clc1ccc(-c2cn3c4ccccc4n(CCN4CCOCC4)c3c2-c2ccccc2)cc1.O=S(=O)(O)O. The minimum atomic E-state index is -4.67. The van der Waals surface area contributed by atoms with Gasteiger partial charge in [0.2, 0.25) is 0 Å². The third-order valence-electron chi connectivity index (χ3n) is 6.63. The van der Waals surface area contributed by atoms with Crippen molar-refractivity contribution in [1.82, 2.24) is 13.9 Å². The van der Waals surface area contributed by atoms with Crippen LogP contribution in [0, 0.1) is 0 Å². The maximum Gasteiger partial charge on any atom is 0.394 e. The maximum absolute atomic E-state index is 8.74. The van der Waals surface area contributed by atoms with Crippen LogP contribution in [-0.2, 0) is 21.7 Å². The number of halogens is 1. The van der Waals surface area contributed by atoms with Crippen LogP contribution in [0.25, 0.3) is 38.9 Å². The second-order valence-corrected chi connectivity index (χ2v) is 10.4. The number of ether oxygens (including phenoxy) is 1. The standard InChI is InChI=1S/C28H26ClN3O.H2O4S/c29-23-12-10-21(11-13-23)24-20-32-26-9-5-4-8-25(26)31(15-14-30-16-18-33-19-17-30)28(32)27(24)22-6-2-1-3-7-22;1-5(2,3)4/h1-13,20H,14-19H2;(H2,1,2,3,4). The molecule has 10 heteroatoms. The summed E-state index contributed by atoms with van der Waals surface area (Å²) in [5.74, 6) is 0. The number of hydrogen-bond donors (Lipinski definition) is 2. The van der Waals surface area contributed by atoms with E-state index in [-0.39, 0.29) is 0 Å². The predicted octanol–water partition coefficient (Wildman–Crippen LogP) is 5.56. The summed E-state index contributed by atoms with van der Waals surface area (Å²) in [7, 11) is -4.67. The molecule has 0 atom stereocenters. The molecule has 0 amide bonds. The molecule has 1 saturated heterocycles. The molecule has 1 aliphatic heterocycles. The molecule has 198 valence electrons. The van der Waals surface area contributed by atoms with Gasteiger partial charge in [-0.15, -0.1) is 0 Å². The smallest absolute Gasteiger partial charge is 0.379 e. The van der Waals surface area contributed by atoms with Crippen LogP contribution >= 0.6 is 11.6 Å². The van der Waals surface area contributed by atoms with Gasteiger partial charge < -0.3 is 9.30 Å². The van der Waals surface area contributed by atoms with Crippen LogP contribution < -0.4 is 0 Å². The molecule has 3 aromatic carbocycles. The molecule has 1 fully saturated rings. The molecule has 0 unspecified atom stereocenters. The van der Waals surface area contributed by atoms with Crippen molar-refractivity contribution >= 4 is 38.7 Å². The van der Waals surface area contributed by atoms with Gasteiger partial charge in [-0.25, -0.2) is 0 Å². The van der Waals surface area contributed by atoms with E-state index in [4.69, 9.17) is 33.9 Å². The molecule has 38 heavy (non-hydrogen) atoms. The highest BCUT2D eigenvalue weighted by molar-refractivity contribution is 7.79. The van der Waals surface area contributed by atoms with Crippen LogP contribution in [0.2, 0.25) is 5.02 Å². The second kappa shape index (κ2) is 11.3. The van der Waals surface area contributed by atoms with Crippen molar-refractivity contribution in [3.05, 3.63) is 90.1 Å². The van der Waals surface area contributed by atoms with Gasteiger partial charge in [0, 0.05) is 48.5 Å². The lowest BCUT2D eigenvalue weighted by Gasteiger charge is -2.26. The lowest BCUT2D eigenvalue weighted by molar-refractivity contribution is 0.0366. The van der Waals surface area contributed by atoms with E-state index in [9.17, 15) is 0 Å². The topological polar surface area (TPSA) is 96.4 Å². The van der Waals surface area contributed by atoms with Crippen LogP contribution in [0.4, 0.5) is 0 Å². The number of morpholine rings is 1. The summed E-state index contributed by atoms with van der Waals surface area (Å²) in [4.78, 5) is 2.50. The van der Waals surface area contributed by atoms with Crippen molar-refractivity contribution < 1.29 is 22.3 Å². The molecular formula is C28H28ClN3O5S. The normalized spacial score (nSPS) is 14.5. The van der Waals surface area contributed by atoms with Crippen molar-refractivity contribution in [2.75, 3.05) is 32.8 Å². The number of rotatable bonds is 5. The van der Waals surface area contributed by atoms with E-state index < -0.39 is 10.4 Å². The van der Waals surface area contributed by atoms with Crippen LogP contribution in [0.15, 0.2) is 85.1 Å².